The number of nitrogens with zero attached hydrogens (tertiary/aromatic N) is 2. The van der Waals surface area contributed by atoms with Crippen LogP contribution in [0, 0.1) is 5.82 Å². The number of benzene rings is 1. The molecule has 0 amide bonds. The van der Waals surface area contributed by atoms with Gasteiger partial charge in [0.1, 0.15) is 5.82 Å². The summed E-state index contributed by atoms with van der Waals surface area (Å²) in [7, 11) is 0. The standard InChI is InChI=1S/C21H21FN4/c22-17-6-1-7-18(10-17)25-19-11-20(15-4-2-8-23-13-15)26-21(12-19)16-5-3-9-24-14-16/h1-2,4,6-8,10-13,16,24H,3,5,9,14H2,(H,25,26). The van der Waals surface area contributed by atoms with Crippen LogP contribution in [0.15, 0.2) is 60.9 Å². The summed E-state index contributed by atoms with van der Waals surface area (Å²) in [5.74, 6) is 0.127. The zero-order valence-corrected chi connectivity index (χ0v) is 14.5. The fourth-order valence-electron chi connectivity index (χ4n) is 3.33. The molecule has 0 aliphatic carbocycles. The Labute approximate surface area is 152 Å². The minimum absolute atomic E-state index is 0.256. The van der Waals surface area contributed by atoms with E-state index in [2.05, 4.69) is 21.7 Å². The fraction of sp³-hybridized carbons (Fsp3) is 0.238. The molecule has 2 N–H and O–H groups in total. The highest BCUT2D eigenvalue weighted by Crippen LogP contribution is 2.29. The highest BCUT2D eigenvalue weighted by Gasteiger charge is 2.18. The lowest BCUT2D eigenvalue weighted by Gasteiger charge is -2.23. The summed E-state index contributed by atoms with van der Waals surface area (Å²) < 4.78 is 13.5. The van der Waals surface area contributed by atoms with Crippen LogP contribution < -0.4 is 10.6 Å². The van der Waals surface area contributed by atoms with E-state index in [4.69, 9.17) is 4.98 Å². The predicted molar refractivity (Wildman–Crippen MR) is 102 cm³/mol. The molecule has 1 unspecified atom stereocenters. The van der Waals surface area contributed by atoms with Crippen molar-refractivity contribution in [3.8, 4) is 11.3 Å². The summed E-state index contributed by atoms with van der Waals surface area (Å²) in [4.78, 5) is 9.10. The molecule has 4 nitrogen and oxygen atoms in total. The van der Waals surface area contributed by atoms with Gasteiger partial charge in [-0.25, -0.2) is 4.39 Å². The number of anilines is 2. The molecule has 1 atom stereocenters. The lowest BCUT2D eigenvalue weighted by molar-refractivity contribution is 0.455. The second-order valence-electron chi connectivity index (χ2n) is 6.59. The first-order valence-corrected chi connectivity index (χ1v) is 8.93. The molecule has 1 aliphatic heterocycles. The van der Waals surface area contributed by atoms with Crippen molar-refractivity contribution < 1.29 is 4.39 Å². The minimum atomic E-state index is -0.256. The molecule has 1 aliphatic rings. The normalized spacial score (nSPS) is 17.0. The van der Waals surface area contributed by atoms with Crippen molar-refractivity contribution in [2.24, 2.45) is 0 Å². The average Bonchev–Trinajstić information content (AvgIpc) is 2.69. The third-order valence-corrected chi connectivity index (χ3v) is 4.63. The Morgan fingerprint density at radius 3 is 2.81 bits per heavy atom. The lowest BCUT2D eigenvalue weighted by Crippen LogP contribution is -2.28. The maximum Gasteiger partial charge on any atom is 0.125 e. The van der Waals surface area contributed by atoms with Crippen molar-refractivity contribution in [1.29, 1.82) is 0 Å². The molecule has 4 rings (SSSR count). The van der Waals surface area contributed by atoms with Crippen molar-refractivity contribution in [1.82, 2.24) is 15.3 Å². The van der Waals surface area contributed by atoms with Gasteiger partial charge in [0.2, 0.25) is 0 Å². The molecule has 1 fully saturated rings. The fourth-order valence-corrected chi connectivity index (χ4v) is 3.33. The Morgan fingerprint density at radius 1 is 1.08 bits per heavy atom. The van der Waals surface area contributed by atoms with E-state index in [1.807, 2.05) is 30.5 Å². The average molecular weight is 348 g/mol. The van der Waals surface area contributed by atoms with Crippen LogP contribution in [0.1, 0.15) is 24.5 Å². The first kappa shape index (κ1) is 16.7. The van der Waals surface area contributed by atoms with Gasteiger partial charge in [0.15, 0.2) is 0 Å². The summed E-state index contributed by atoms with van der Waals surface area (Å²) in [6.07, 6.45) is 5.84. The van der Waals surface area contributed by atoms with Crippen LogP contribution in [0.25, 0.3) is 11.3 Å². The molecule has 3 heterocycles. The van der Waals surface area contributed by atoms with Gasteiger partial charge < -0.3 is 10.6 Å². The molecule has 1 saturated heterocycles. The molecule has 0 spiro atoms. The third kappa shape index (κ3) is 3.89. The van der Waals surface area contributed by atoms with Crippen molar-refractivity contribution in [2.45, 2.75) is 18.8 Å². The maximum atomic E-state index is 13.5. The minimum Gasteiger partial charge on any atom is -0.355 e. The van der Waals surface area contributed by atoms with Crippen LogP contribution in [0.2, 0.25) is 0 Å². The van der Waals surface area contributed by atoms with Gasteiger partial charge in [-0.05, 0) is 61.9 Å². The van der Waals surface area contributed by atoms with Crippen LogP contribution in [0.5, 0.6) is 0 Å². The molecule has 2 aromatic heterocycles. The summed E-state index contributed by atoms with van der Waals surface area (Å²) in [5.41, 5.74) is 4.53. The van der Waals surface area contributed by atoms with Crippen molar-refractivity contribution in [2.75, 3.05) is 18.4 Å². The van der Waals surface area contributed by atoms with E-state index in [1.54, 1.807) is 12.3 Å². The number of halogens is 1. The molecule has 5 heteroatoms. The molecular weight excluding hydrogens is 327 g/mol. The predicted octanol–water partition coefficient (Wildman–Crippen LogP) is 4.49. The van der Waals surface area contributed by atoms with Crippen LogP contribution in [-0.4, -0.2) is 23.1 Å². The number of piperidine rings is 1. The molecule has 0 radical (unpaired) electrons. The number of rotatable bonds is 4. The highest BCUT2D eigenvalue weighted by atomic mass is 19.1. The van der Waals surface area contributed by atoms with Crippen molar-refractivity contribution in [3.63, 3.8) is 0 Å². The summed E-state index contributed by atoms with van der Waals surface area (Å²) in [5, 5.41) is 6.76. The van der Waals surface area contributed by atoms with E-state index in [-0.39, 0.29) is 5.82 Å². The molecule has 0 bridgehead atoms. The van der Waals surface area contributed by atoms with Gasteiger partial charge >= 0.3 is 0 Å². The van der Waals surface area contributed by atoms with Crippen LogP contribution >= 0.6 is 0 Å². The molecule has 26 heavy (non-hydrogen) atoms. The summed E-state index contributed by atoms with van der Waals surface area (Å²) in [6.45, 7) is 2.00. The van der Waals surface area contributed by atoms with E-state index in [9.17, 15) is 4.39 Å². The van der Waals surface area contributed by atoms with Gasteiger partial charge in [-0.3, -0.25) is 9.97 Å². The highest BCUT2D eigenvalue weighted by molar-refractivity contribution is 5.68. The first-order valence-electron chi connectivity index (χ1n) is 8.93. The van der Waals surface area contributed by atoms with Crippen LogP contribution in [0.3, 0.4) is 0 Å². The number of hydrogen-bond donors (Lipinski definition) is 2. The first-order chi connectivity index (χ1) is 12.8. The topological polar surface area (TPSA) is 49.8 Å². The van der Waals surface area contributed by atoms with E-state index in [0.29, 0.717) is 5.92 Å². The Morgan fingerprint density at radius 2 is 2.04 bits per heavy atom. The van der Waals surface area contributed by atoms with E-state index < -0.39 is 0 Å². The lowest BCUT2D eigenvalue weighted by atomic mass is 9.95. The molecule has 132 valence electrons. The van der Waals surface area contributed by atoms with E-state index in [0.717, 1.165) is 54.3 Å². The summed E-state index contributed by atoms with van der Waals surface area (Å²) >= 11 is 0. The second kappa shape index (κ2) is 7.62. The quantitative estimate of drug-likeness (QED) is 0.729. The van der Waals surface area contributed by atoms with E-state index in [1.165, 1.54) is 12.1 Å². The maximum absolute atomic E-state index is 13.5. The van der Waals surface area contributed by atoms with Gasteiger partial charge in [-0.2, -0.15) is 0 Å². The van der Waals surface area contributed by atoms with Crippen molar-refractivity contribution >= 4 is 11.4 Å². The second-order valence-corrected chi connectivity index (χ2v) is 6.59. The van der Waals surface area contributed by atoms with Gasteiger partial charge in [-0.15, -0.1) is 0 Å². The van der Waals surface area contributed by atoms with Gasteiger partial charge in [-0.1, -0.05) is 6.07 Å². The molecular formula is C21H21FN4. The number of pyridine rings is 2. The summed E-state index contributed by atoms with van der Waals surface area (Å²) in [6, 6.07) is 14.5. The smallest absolute Gasteiger partial charge is 0.125 e. The third-order valence-electron chi connectivity index (χ3n) is 4.63. The van der Waals surface area contributed by atoms with Crippen molar-refractivity contribution in [3.05, 3.63) is 72.4 Å². The molecule has 3 aromatic rings. The Hall–Kier alpha value is -2.79. The number of aromatic nitrogens is 2. The SMILES string of the molecule is Fc1cccc(Nc2cc(-c3cccnc3)nc(C3CCCNC3)c2)c1. The molecule has 0 saturated carbocycles. The van der Waals surface area contributed by atoms with Gasteiger partial charge in [0.25, 0.3) is 0 Å². The van der Waals surface area contributed by atoms with E-state index >= 15 is 0 Å². The zero-order chi connectivity index (χ0) is 17.8. The van der Waals surface area contributed by atoms with Crippen LogP contribution in [-0.2, 0) is 0 Å². The Kier molecular flexibility index (Phi) is 4.88. The van der Waals surface area contributed by atoms with Gasteiger partial charge in [0, 0.05) is 47.5 Å². The van der Waals surface area contributed by atoms with Gasteiger partial charge in [0.05, 0.1) is 5.69 Å². The Bertz CT molecular complexity index is 876. The monoisotopic (exact) mass is 348 g/mol. The number of nitrogens with one attached hydrogen (secondary N) is 2. The largest absolute Gasteiger partial charge is 0.355 e. The van der Waals surface area contributed by atoms with Crippen LogP contribution in [0.4, 0.5) is 15.8 Å². The molecule has 1 aromatic carbocycles. The Balaban J connectivity index is 1.72. The number of hydrogen-bond acceptors (Lipinski definition) is 4. The zero-order valence-electron chi connectivity index (χ0n) is 14.5.